The summed E-state index contributed by atoms with van der Waals surface area (Å²) in [7, 11) is 1.34. The highest BCUT2D eigenvalue weighted by Crippen LogP contribution is 2.41. The third kappa shape index (κ3) is 6.76. The summed E-state index contributed by atoms with van der Waals surface area (Å²) in [6.45, 7) is 7.03. The number of fused-ring (bicyclic) bond motifs is 1. The van der Waals surface area contributed by atoms with Gasteiger partial charge in [-0.05, 0) is 63.9 Å². The van der Waals surface area contributed by atoms with Gasteiger partial charge in [0.25, 0.3) is 5.91 Å². The molecule has 2 amide bonds. The number of primary amides is 1. The van der Waals surface area contributed by atoms with Crippen LogP contribution in [0.1, 0.15) is 43.6 Å². The second kappa shape index (κ2) is 12.7. The van der Waals surface area contributed by atoms with Crippen molar-refractivity contribution in [2.24, 2.45) is 5.73 Å². The summed E-state index contributed by atoms with van der Waals surface area (Å²) >= 11 is 6.49. The van der Waals surface area contributed by atoms with Crippen LogP contribution in [-0.4, -0.2) is 64.6 Å². The molecule has 44 heavy (non-hydrogen) atoms. The van der Waals surface area contributed by atoms with E-state index in [0.717, 1.165) is 11.6 Å². The fourth-order valence-electron chi connectivity index (χ4n) is 4.84. The van der Waals surface area contributed by atoms with E-state index in [1.54, 1.807) is 13.8 Å². The fourth-order valence-corrected chi connectivity index (χ4v) is 5.08. The van der Waals surface area contributed by atoms with Gasteiger partial charge in [0.1, 0.15) is 34.1 Å². The quantitative estimate of drug-likeness (QED) is 0.178. The van der Waals surface area contributed by atoms with E-state index >= 15 is 0 Å². The molecule has 1 aromatic heterocycles. The number of allylic oxidation sites excluding steroid dienone is 2. The van der Waals surface area contributed by atoms with Crippen molar-refractivity contribution in [3.63, 3.8) is 0 Å². The van der Waals surface area contributed by atoms with Gasteiger partial charge >= 0.3 is 11.7 Å². The summed E-state index contributed by atoms with van der Waals surface area (Å²) in [5.41, 5.74) is 4.19. The van der Waals surface area contributed by atoms with Crippen LogP contribution in [0.2, 0.25) is 5.02 Å². The maximum Gasteiger partial charge on any atom is 0.404 e. The number of phenols is 2. The second-order valence-corrected chi connectivity index (χ2v) is 11.3. The Morgan fingerprint density at radius 2 is 1.86 bits per heavy atom. The summed E-state index contributed by atoms with van der Waals surface area (Å²) < 4.78 is 27.4. The lowest BCUT2D eigenvalue weighted by Gasteiger charge is -2.47. The third-order valence-corrected chi connectivity index (χ3v) is 7.35. The number of ether oxygens (including phenoxy) is 4. The molecule has 4 unspecified atom stereocenters. The van der Waals surface area contributed by atoms with Gasteiger partial charge in [-0.2, -0.15) is 0 Å². The van der Waals surface area contributed by atoms with Gasteiger partial charge in [0.15, 0.2) is 17.8 Å². The van der Waals surface area contributed by atoms with E-state index in [-0.39, 0.29) is 38.7 Å². The number of carbonyl (C=O) groups is 2. The van der Waals surface area contributed by atoms with Crippen molar-refractivity contribution in [1.82, 2.24) is 0 Å². The van der Waals surface area contributed by atoms with E-state index < -0.39 is 53.6 Å². The maximum absolute atomic E-state index is 13.0. The number of amides is 2. The largest absolute Gasteiger partial charge is 0.508 e. The zero-order valence-corrected chi connectivity index (χ0v) is 25.3. The van der Waals surface area contributed by atoms with E-state index in [1.807, 2.05) is 19.9 Å². The van der Waals surface area contributed by atoms with Crippen LogP contribution in [0.3, 0.4) is 0 Å². The van der Waals surface area contributed by atoms with Crippen LogP contribution in [0.25, 0.3) is 11.0 Å². The Balaban J connectivity index is 1.63. The molecule has 236 valence electrons. The number of rotatable bonds is 8. The van der Waals surface area contributed by atoms with Crippen LogP contribution in [-0.2, 0) is 20.6 Å². The minimum atomic E-state index is -1.61. The molecule has 2 heterocycles. The Bertz CT molecular complexity index is 1680. The molecule has 2 aromatic carbocycles. The average molecular weight is 633 g/mol. The lowest BCUT2D eigenvalue weighted by molar-refractivity contribution is -0.304. The zero-order chi connectivity index (χ0) is 32.5. The predicted octanol–water partition coefficient (Wildman–Crippen LogP) is 3.97. The summed E-state index contributed by atoms with van der Waals surface area (Å²) in [5, 5.41) is 34.0. The number of carbonyl (C=O) groups excluding carboxylic acids is 2. The maximum atomic E-state index is 13.0. The highest BCUT2D eigenvalue weighted by molar-refractivity contribution is 6.36. The smallest absolute Gasteiger partial charge is 0.404 e. The van der Waals surface area contributed by atoms with E-state index in [1.165, 1.54) is 31.4 Å². The van der Waals surface area contributed by atoms with Gasteiger partial charge < -0.3 is 49.7 Å². The molecule has 1 aliphatic rings. The molecule has 0 spiro atoms. The summed E-state index contributed by atoms with van der Waals surface area (Å²) in [4.78, 5) is 37.3. The number of phenolic OH excluding ortho intramolecular Hbond substituents is 2. The first-order valence-corrected chi connectivity index (χ1v) is 13.8. The van der Waals surface area contributed by atoms with E-state index in [4.69, 9.17) is 40.7 Å². The number of hydrogen-bond acceptors (Lipinski definition) is 11. The number of aromatic hydroxyl groups is 2. The van der Waals surface area contributed by atoms with Crippen LogP contribution >= 0.6 is 11.6 Å². The van der Waals surface area contributed by atoms with Crippen molar-refractivity contribution in [1.29, 1.82) is 0 Å². The number of hydrogen-bond donors (Lipinski definition) is 5. The molecule has 4 rings (SSSR count). The van der Waals surface area contributed by atoms with Crippen LogP contribution in [0.5, 0.6) is 17.2 Å². The normalized spacial score (nSPS) is 21.0. The first-order valence-electron chi connectivity index (χ1n) is 13.4. The molecule has 1 saturated heterocycles. The van der Waals surface area contributed by atoms with Crippen LogP contribution in [0, 0.1) is 0 Å². The minimum absolute atomic E-state index is 0.0194. The van der Waals surface area contributed by atoms with Gasteiger partial charge in [0.05, 0.1) is 11.0 Å². The third-order valence-electron chi connectivity index (χ3n) is 7.00. The highest BCUT2D eigenvalue weighted by atomic mass is 35.5. The van der Waals surface area contributed by atoms with Crippen LogP contribution < -0.4 is 21.4 Å². The molecule has 13 nitrogen and oxygen atoms in total. The van der Waals surface area contributed by atoms with Crippen molar-refractivity contribution in [3.8, 4) is 17.2 Å². The Morgan fingerprint density at radius 3 is 2.50 bits per heavy atom. The topological polar surface area (TPSA) is 200 Å². The van der Waals surface area contributed by atoms with Crippen molar-refractivity contribution < 1.29 is 48.3 Å². The number of benzene rings is 2. The van der Waals surface area contributed by atoms with Gasteiger partial charge in [-0.25, -0.2) is 9.59 Å². The van der Waals surface area contributed by atoms with Gasteiger partial charge in [0.2, 0.25) is 6.29 Å². The highest BCUT2D eigenvalue weighted by Gasteiger charge is 2.53. The molecule has 0 saturated carbocycles. The first-order chi connectivity index (χ1) is 20.6. The molecule has 4 atom stereocenters. The van der Waals surface area contributed by atoms with Crippen LogP contribution in [0.4, 0.5) is 10.5 Å². The second-order valence-electron chi connectivity index (χ2n) is 10.9. The number of halogens is 1. The van der Waals surface area contributed by atoms with Crippen molar-refractivity contribution in [3.05, 3.63) is 68.6 Å². The number of anilines is 1. The Labute approximate surface area is 256 Å². The molecule has 0 aliphatic carbocycles. The van der Waals surface area contributed by atoms with E-state index in [2.05, 4.69) is 5.32 Å². The van der Waals surface area contributed by atoms with Crippen LogP contribution in [0.15, 0.2) is 51.2 Å². The van der Waals surface area contributed by atoms with E-state index in [0.29, 0.717) is 12.0 Å². The molecule has 0 bridgehead atoms. The van der Waals surface area contributed by atoms with Crippen molar-refractivity contribution in [2.75, 3.05) is 12.4 Å². The molecule has 3 aromatic rings. The number of aliphatic hydroxyl groups excluding tert-OH is 1. The van der Waals surface area contributed by atoms with Crippen molar-refractivity contribution in [2.45, 2.75) is 64.3 Å². The van der Waals surface area contributed by atoms with Gasteiger partial charge in [-0.3, -0.25) is 4.79 Å². The zero-order valence-electron chi connectivity index (χ0n) is 24.5. The lowest BCUT2D eigenvalue weighted by Crippen LogP contribution is -2.65. The molecule has 0 radical (unpaired) electrons. The molecule has 14 heteroatoms. The summed E-state index contributed by atoms with van der Waals surface area (Å²) in [6, 6.07) is 6.56. The molecule has 1 aliphatic heterocycles. The Kier molecular flexibility index (Phi) is 9.44. The van der Waals surface area contributed by atoms with Gasteiger partial charge in [0, 0.05) is 18.7 Å². The fraction of sp³-hybridized carbons (Fsp3) is 0.367. The molecule has 1 fully saturated rings. The SMILES string of the molecule is COC1C(OC(N)=O)C(O)C(Oc2cc(O)c3cc(NC(=O)c4ccc(O)c(CC=C(C)C)c4)c(=O)oc3c2Cl)OC1(C)C. The summed E-state index contributed by atoms with van der Waals surface area (Å²) in [6.07, 6.45) is -4.19. The van der Waals surface area contributed by atoms with Gasteiger partial charge in [-0.15, -0.1) is 0 Å². The minimum Gasteiger partial charge on any atom is -0.508 e. The monoisotopic (exact) mass is 632 g/mol. The number of methoxy groups -OCH3 is 1. The first kappa shape index (κ1) is 32.6. The summed E-state index contributed by atoms with van der Waals surface area (Å²) in [5.74, 6) is -1.32. The number of nitrogens with two attached hydrogens (primary N) is 1. The number of aliphatic hydroxyl groups is 1. The van der Waals surface area contributed by atoms with E-state index in [9.17, 15) is 29.7 Å². The predicted molar refractivity (Wildman–Crippen MR) is 159 cm³/mol. The molecular weight excluding hydrogens is 600 g/mol. The Morgan fingerprint density at radius 1 is 1.16 bits per heavy atom. The van der Waals surface area contributed by atoms with Crippen molar-refractivity contribution >= 4 is 40.3 Å². The Hall–Kier alpha value is -4.30. The lowest BCUT2D eigenvalue weighted by atomic mass is 9.89. The molecular formula is C30H33ClN2O11. The standard InChI is InChI=1S/C30H33ClN2O11/c1-13(2)6-7-14-10-15(8-9-18(14)34)26(37)33-17-11-16-19(35)12-20(21(31)23(16)42-27(17)38)41-28-22(36)24(43-29(32)39)25(40-5)30(3,4)44-28/h6,8-12,22,24-25,28,34-36H,7H2,1-5H3,(H2,32,39)(H,33,37). The number of nitrogens with one attached hydrogen (secondary N) is 1. The molecule has 6 N–H and O–H groups in total. The van der Waals surface area contributed by atoms with Gasteiger partial charge in [-0.1, -0.05) is 23.3 Å². The average Bonchev–Trinajstić information content (AvgIpc) is 2.94.